The first-order chi connectivity index (χ1) is 11.5. The van der Waals surface area contributed by atoms with Gasteiger partial charge in [-0.25, -0.2) is 0 Å². The highest BCUT2D eigenvalue weighted by atomic mass is 16.5. The second kappa shape index (κ2) is 12.3. The Morgan fingerprint density at radius 3 is 2.50 bits per heavy atom. The van der Waals surface area contributed by atoms with Crippen molar-refractivity contribution in [3.63, 3.8) is 0 Å². The molecule has 2 N–H and O–H groups in total. The average molecular weight is 341 g/mol. The van der Waals surface area contributed by atoms with Gasteiger partial charge >= 0.3 is 0 Å². The summed E-state index contributed by atoms with van der Waals surface area (Å²) in [6.07, 6.45) is 7.06. The Kier molecular flexibility index (Phi) is 10.7. The maximum Gasteiger partial charge on any atom is 0.220 e. The minimum atomic E-state index is -0.0521. The summed E-state index contributed by atoms with van der Waals surface area (Å²) in [6.45, 7) is 8.69. The van der Waals surface area contributed by atoms with E-state index >= 15 is 0 Å². The molecule has 1 saturated carbocycles. The van der Waals surface area contributed by atoms with Crippen LogP contribution in [0.4, 0.5) is 0 Å². The van der Waals surface area contributed by atoms with E-state index in [1.807, 2.05) is 0 Å². The van der Waals surface area contributed by atoms with Crippen LogP contribution in [-0.2, 0) is 14.3 Å². The van der Waals surface area contributed by atoms with E-state index in [9.17, 15) is 9.59 Å². The first-order valence-corrected chi connectivity index (χ1v) is 9.68. The van der Waals surface area contributed by atoms with E-state index in [0.29, 0.717) is 25.0 Å². The van der Waals surface area contributed by atoms with E-state index < -0.39 is 0 Å². The van der Waals surface area contributed by atoms with Crippen molar-refractivity contribution in [1.82, 2.24) is 10.6 Å². The molecular weight excluding hydrogens is 304 g/mol. The summed E-state index contributed by atoms with van der Waals surface area (Å²) < 4.78 is 5.44. The first-order valence-electron chi connectivity index (χ1n) is 9.68. The molecule has 0 aromatic heterocycles. The Morgan fingerprint density at radius 1 is 1.04 bits per heavy atom. The summed E-state index contributed by atoms with van der Waals surface area (Å²) in [5.41, 5.74) is 0. The maximum atomic E-state index is 12.0. The summed E-state index contributed by atoms with van der Waals surface area (Å²) in [7, 11) is 0. The van der Waals surface area contributed by atoms with E-state index in [0.717, 1.165) is 32.3 Å². The zero-order chi connectivity index (χ0) is 17.8. The van der Waals surface area contributed by atoms with Crippen LogP contribution in [0.15, 0.2) is 0 Å². The Morgan fingerprint density at radius 2 is 1.75 bits per heavy atom. The van der Waals surface area contributed by atoms with Gasteiger partial charge in [0, 0.05) is 38.6 Å². The van der Waals surface area contributed by atoms with Crippen molar-refractivity contribution in [2.75, 3.05) is 19.8 Å². The van der Waals surface area contributed by atoms with Crippen LogP contribution >= 0.6 is 0 Å². The van der Waals surface area contributed by atoms with Crippen molar-refractivity contribution in [1.29, 1.82) is 0 Å². The van der Waals surface area contributed by atoms with Gasteiger partial charge in [-0.05, 0) is 31.1 Å². The molecule has 1 aliphatic rings. The van der Waals surface area contributed by atoms with Crippen molar-refractivity contribution >= 4 is 11.8 Å². The fourth-order valence-corrected chi connectivity index (χ4v) is 3.13. The largest absolute Gasteiger partial charge is 0.381 e. The van der Waals surface area contributed by atoms with Crippen molar-refractivity contribution in [2.24, 2.45) is 11.8 Å². The van der Waals surface area contributed by atoms with Gasteiger partial charge < -0.3 is 15.4 Å². The van der Waals surface area contributed by atoms with Crippen LogP contribution in [0, 0.1) is 11.8 Å². The SMILES string of the molecule is CCCCOCCCNC(=O)CCC(=O)N[C@H]1CCC[C@@H](C)[C@@H]1C. The second-order valence-corrected chi connectivity index (χ2v) is 7.11. The molecule has 0 spiro atoms. The summed E-state index contributed by atoms with van der Waals surface area (Å²) in [6, 6.07) is 0.268. The Balaban J connectivity index is 2.06. The van der Waals surface area contributed by atoms with E-state index in [4.69, 9.17) is 4.74 Å². The molecule has 2 amide bonds. The Bertz CT molecular complexity index is 374. The summed E-state index contributed by atoms with van der Waals surface area (Å²) >= 11 is 0. The normalized spacial score (nSPS) is 23.7. The van der Waals surface area contributed by atoms with Gasteiger partial charge in [-0.15, -0.1) is 0 Å². The molecule has 24 heavy (non-hydrogen) atoms. The van der Waals surface area contributed by atoms with Gasteiger partial charge in [-0.1, -0.05) is 40.0 Å². The third-order valence-corrected chi connectivity index (χ3v) is 5.06. The molecule has 0 bridgehead atoms. The van der Waals surface area contributed by atoms with Gasteiger partial charge in [-0.3, -0.25) is 9.59 Å². The monoisotopic (exact) mass is 340 g/mol. The van der Waals surface area contributed by atoms with Crippen LogP contribution in [0.1, 0.15) is 72.1 Å². The molecule has 3 atom stereocenters. The zero-order valence-electron chi connectivity index (χ0n) is 15.7. The molecule has 0 aromatic rings. The number of carbonyl (C=O) groups is 2. The minimum absolute atomic E-state index is 0.000927. The lowest BCUT2D eigenvalue weighted by Crippen LogP contribution is -2.43. The molecule has 140 valence electrons. The molecule has 0 saturated heterocycles. The summed E-state index contributed by atoms with van der Waals surface area (Å²) in [5, 5.41) is 5.96. The van der Waals surface area contributed by atoms with Crippen LogP contribution in [0.3, 0.4) is 0 Å². The smallest absolute Gasteiger partial charge is 0.220 e. The van der Waals surface area contributed by atoms with Crippen molar-refractivity contribution in [3.05, 3.63) is 0 Å². The predicted octanol–water partition coefficient (Wildman–Crippen LogP) is 3.03. The van der Waals surface area contributed by atoms with E-state index in [1.165, 1.54) is 12.8 Å². The summed E-state index contributed by atoms with van der Waals surface area (Å²) in [5.74, 6) is 1.12. The average Bonchev–Trinajstić information content (AvgIpc) is 2.56. The number of hydrogen-bond donors (Lipinski definition) is 2. The van der Waals surface area contributed by atoms with Gasteiger partial charge in [0.2, 0.25) is 11.8 Å². The van der Waals surface area contributed by atoms with Crippen LogP contribution in [0.2, 0.25) is 0 Å². The van der Waals surface area contributed by atoms with Gasteiger partial charge in [0.05, 0.1) is 0 Å². The zero-order valence-corrected chi connectivity index (χ0v) is 15.7. The lowest BCUT2D eigenvalue weighted by atomic mass is 9.78. The first kappa shape index (κ1) is 20.9. The number of hydrogen-bond acceptors (Lipinski definition) is 3. The standard InChI is InChI=1S/C19H36N2O3/c1-4-5-13-24-14-7-12-20-18(22)10-11-19(23)21-17-9-6-8-15(2)16(17)3/h15-17H,4-14H2,1-3H3,(H,20,22)(H,21,23)/t15-,16+,17+/m1/s1. The molecule has 1 rings (SSSR count). The van der Waals surface area contributed by atoms with Crippen molar-refractivity contribution < 1.29 is 14.3 Å². The van der Waals surface area contributed by atoms with Gasteiger partial charge in [0.25, 0.3) is 0 Å². The predicted molar refractivity (Wildman–Crippen MR) is 96.7 cm³/mol. The Hall–Kier alpha value is -1.10. The second-order valence-electron chi connectivity index (χ2n) is 7.11. The van der Waals surface area contributed by atoms with Crippen LogP contribution < -0.4 is 10.6 Å². The van der Waals surface area contributed by atoms with E-state index in [-0.39, 0.29) is 30.7 Å². The van der Waals surface area contributed by atoms with Gasteiger partial charge in [0.1, 0.15) is 0 Å². The summed E-state index contributed by atoms with van der Waals surface area (Å²) in [4.78, 5) is 23.8. The maximum absolute atomic E-state index is 12.0. The van der Waals surface area contributed by atoms with Gasteiger partial charge in [-0.2, -0.15) is 0 Å². The molecule has 0 heterocycles. The lowest BCUT2D eigenvalue weighted by Gasteiger charge is -2.34. The van der Waals surface area contributed by atoms with Crippen molar-refractivity contribution in [2.45, 2.75) is 78.2 Å². The van der Waals surface area contributed by atoms with E-state index in [2.05, 4.69) is 31.4 Å². The molecule has 1 aliphatic carbocycles. The molecular formula is C19H36N2O3. The Labute approximate surface area is 147 Å². The quantitative estimate of drug-likeness (QED) is 0.568. The highest BCUT2D eigenvalue weighted by molar-refractivity contribution is 5.83. The lowest BCUT2D eigenvalue weighted by molar-refractivity contribution is -0.127. The van der Waals surface area contributed by atoms with E-state index in [1.54, 1.807) is 0 Å². The number of ether oxygens (including phenoxy) is 1. The molecule has 0 unspecified atom stereocenters. The molecule has 5 heteroatoms. The molecule has 5 nitrogen and oxygen atoms in total. The molecule has 0 aliphatic heterocycles. The number of unbranched alkanes of at least 4 members (excludes halogenated alkanes) is 1. The third-order valence-electron chi connectivity index (χ3n) is 5.06. The molecule has 1 fully saturated rings. The van der Waals surface area contributed by atoms with Crippen LogP contribution in [-0.4, -0.2) is 37.6 Å². The fraction of sp³-hybridized carbons (Fsp3) is 0.895. The fourth-order valence-electron chi connectivity index (χ4n) is 3.13. The minimum Gasteiger partial charge on any atom is -0.381 e. The number of nitrogens with one attached hydrogen (secondary N) is 2. The van der Waals surface area contributed by atoms with Crippen molar-refractivity contribution in [3.8, 4) is 0 Å². The van der Waals surface area contributed by atoms with Crippen LogP contribution in [0.25, 0.3) is 0 Å². The van der Waals surface area contributed by atoms with Crippen LogP contribution in [0.5, 0.6) is 0 Å². The topological polar surface area (TPSA) is 67.4 Å². The third kappa shape index (κ3) is 8.67. The molecule has 0 radical (unpaired) electrons. The number of amides is 2. The highest BCUT2D eigenvalue weighted by Crippen LogP contribution is 2.29. The molecule has 0 aromatic carbocycles. The van der Waals surface area contributed by atoms with Gasteiger partial charge in [0.15, 0.2) is 0 Å². The number of rotatable bonds is 11. The highest BCUT2D eigenvalue weighted by Gasteiger charge is 2.27. The number of carbonyl (C=O) groups excluding carboxylic acids is 2.